The van der Waals surface area contributed by atoms with E-state index >= 15 is 0 Å². The molecular formula is C24H20BrFN2O3S2. The van der Waals surface area contributed by atoms with Gasteiger partial charge in [-0.15, -0.1) is 0 Å². The van der Waals surface area contributed by atoms with Gasteiger partial charge in [0.2, 0.25) is 5.91 Å². The zero-order valence-electron chi connectivity index (χ0n) is 17.4. The molecule has 1 aromatic heterocycles. The summed E-state index contributed by atoms with van der Waals surface area (Å²) >= 11 is 4.87. The number of hydrogen-bond donors (Lipinski definition) is 0. The highest BCUT2D eigenvalue weighted by molar-refractivity contribution is 9.10. The molecule has 1 amide bonds. The lowest BCUT2D eigenvalue weighted by molar-refractivity contribution is -0.118. The minimum atomic E-state index is -3.60. The molecular weight excluding hydrogens is 527 g/mol. The Kier molecular flexibility index (Phi) is 7.21. The van der Waals surface area contributed by atoms with Gasteiger partial charge in [-0.3, -0.25) is 9.69 Å². The quantitative estimate of drug-likeness (QED) is 0.255. The van der Waals surface area contributed by atoms with Crippen molar-refractivity contribution in [3.05, 3.63) is 88.6 Å². The molecule has 0 saturated heterocycles. The summed E-state index contributed by atoms with van der Waals surface area (Å²) in [4.78, 5) is 19.5. The van der Waals surface area contributed by atoms with Gasteiger partial charge in [0.05, 0.1) is 27.4 Å². The Hall–Kier alpha value is -2.62. The number of hydrogen-bond acceptors (Lipinski definition) is 5. The Morgan fingerprint density at radius 1 is 1.03 bits per heavy atom. The molecule has 4 aromatic rings. The van der Waals surface area contributed by atoms with Crippen LogP contribution in [0.3, 0.4) is 0 Å². The van der Waals surface area contributed by atoms with Gasteiger partial charge in [-0.25, -0.2) is 17.8 Å². The first-order chi connectivity index (χ1) is 15.8. The van der Waals surface area contributed by atoms with Gasteiger partial charge in [0.25, 0.3) is 0 Å². The number of benzene rings is 3. The van der Waals surface area contributed by atoms with E-state index in [0.717, 1.165) is 32.4 Å². The number of carbonyl (C=O) groups excluding carboxylic acids is 1. The highest BCUT2D eigenvalue weighted by atomic mass is 79.9. The summed E-state index contributed by atoms with van der Waals surface area (Å²) in [6.45, 7) is 0.339. The second-order valence-corrected chi connectivity index (χ2v) is 11.5. The molecule has 33 heavy (non-hydrogen) atoms. The monoisotopic (exact) mass is 546 g/mol. The number of amides is 1. The van der Waals surface area contributed by atoms with E-state index in [-0.39, 0.29) is 29.4 Å². The number of nitrogens with zero attached hydrogens (tertiary/aromatic N) is 2. The lowest BCUT2D eigenvalue weighted by Gasteiger charge is -2.20. The van der Waals surface area contributed by atoms with Crippen LogP contribution in [0.4, 0.5) is 9.52 Å². The van der Waals surface area contributed by atoms with Crippen LogP contribution in [0.1, 0.15) is 18.4 Å². The van der Waals surface area contributed by atoms with E-state index in [2.05, 4.69) is 20.9 Å². The maximum Gasteiger partial charge on any atom is 0.229 e. The molecule has 0 aliphatic heterocycles. The van der Waals surface area contributed by atoms with Gasteiger partial charge in [-0.05, 0) is 54.4 Å². The van der Waals surface area contributed by atoms with Gasteiger partial charge < -0.3 is 0 Å². The van der Waals surface area contributed by atoms with E-state index in [1.807, 2.05) is 48.5 Å². The van der Waals surface area contributed by atoms with Gasteiger partial charge >= 0.3 is 0 Å². The fourth-order valence-electron chi connectivity index (χ4n) is 3.34. The Morgan fingerprint density at radius 2 is 1.76 bits per heavy atom. The van der Waals surface area contributed by atoms with Crippen molar-refractivity contribution >= 4 is 58.4 Å². The first kappa shape index (κ1) is 23.5. The fraction of sp³-hybridized carbons (Fsp3) is 0.167. The zero-order chi connectivity index (χ0) is 23.4. The van der Waals surface area contributed by atoms with Crippen LogP contribution in [0, 0.1) is 5.82 Å². The van der Waals surface area contributed by atoms with E-state index in [4.69, 9.17) is 0 Å². The third kappa shape index (κ3) is 5.85. The average Bonchev–Trinajstić information content (AvgIpc) is 3.21. The van der Waals surface area contributed by atoms with Gasteiger partial charge in [0, 0.05) is 10.9 Å². The number of aromatic nitrogens is 1. The topological polar surface area (TPSA) is 67.3 Å². The molecule has 170 valence electrons. The summed E-state index contributed by atoms with van der Waals surface area (Å²) in [5, 5.41) is 0.568. The lowest BCUT2D eigenvalue weighted by atomic mass is 10.2. The predicted octanol–water partition coefficient (Wildman–Crippen LogP) is 5.99. The largest absolute Gasteiger partial charge is 0.284 e. The molecule has 0 unspecified atom stereocenters. The third-order valence-electron chi connectivity index (χ3n) is 5.03. The zero-order valence-corrected chi connectivity index (χ0v) is 20.7. The molecule has 0 N–H and O–H groups in total. The molecule has 9 heteroatoms. The van der Waals surface area contributed by atoms with Crippen molar-refractivity contribution in [1.82, 2.24) is 4.98 Å². The molecule has 0 aliphatic rings. The molecule has 0 aliphatic carbocycles. The van der Waals surface area contributed by atoms with Crippen molar-refractivity contribution in [1.29, 1.82) is 0 Å². The van der Waals surface area contributed by atoms with Crippen LogP contribution in [0.5, 0.6) is 0 Å². The number of rotatable bonds is 8. The molecule has 3 aromatic carbocycles. The van der Waals surface area contributed by atoms with Crippen molar-refractivity contribution < 1.29 is 17.6 Å². The van der Waals surface area contributed by atoms with Crippen LogP contribution in [0.15, 0.2) is 82.2 Å². The van der Waals surface area contributed by atoms with Gasteiger partial charge in [0.15, 0.2) is 15.0 Å². The normalized spacial score (nSPS) is 11.6. The van der Waals surface area contributed by atoms with Crippen molar-refractivity contribution in [3.8, 4) is 0 Å². The van der Waals surface area contributed by atoms with Crippen LogP contribution in [-0.4, -0.2) is 25.1 Å². The van der Waals surface area contributed by atoms with Crippen LogP contribution in [0.25, 0.3) is 10.2 Å². The molecule has 0 saturated carbocycles. The van der Waals surface area contributed by atoms with Crippen LogP contribution < -0.4 is 4.90 Å². The minimum absolute atomic E-state index is 0.0485. The van der Waals surface area contributed by atoms with E-state index in [1.165, 1.54) is 23.5 Å². The molecule has 0 spiro atoms. The van der Waals surface area contributed by atoms with Crippen LogP contribution in [0.2, 0.25) is 0 Å². The Bertz CT molecular complexity index is 1370. The maximum absolute atomic E-state index is 13.2. The smallest absolute Gasteiger partial charge is 0.229 e. The molecule has 0 atom stereocenters. The van der Waals surface area contributed by atoms with E-state index in [1.54, 1.807) is 4.90 Å². The van der Waals surface area contributed by atoms with Crippen molar-refractivity contribution in [2.24, 2.45) is 0 Å². The molecule has 4 rings (SSSR count). The Balaban J connectivity index is 1.52. The number of anilines is 1. The Morgan fingerprint density at radius 3 is 2.48 bits per heavy atom. The van der Waals surface area contributed by atoms with Crippen LogP contribution >= 0.6 is 27.3 Å². The molecule has 0 fully saturated rings. The minimum Gasteiger partial charge on any atom is -0.284 e. The summed E-state index contributed by atoms with van der Waals surface area (Å²) in [6, 6.07) is 20.0. The lowest BCUT2D eigenvalue weighted by Crippen LogP contribution is -2.30. The molecule has 5 nitrogen and oxygen atoms in total. The van der Waals surface area contributed by atoms with Crippen molar-refractivity contribution in [2.45, 2.75) is 24.3 Å². The fourth-order valence-corrected chi connectivity index (χ4v) is 6.18. The summed E-state index contributed by atoms with van der Waals surface area (Å²) < 4.78 is 40.1. The first-order valence-corrected chi connectivity index (χ1v) is 13.5. The van der Waals surface area contributed by atoms with E-state index in [0.29, 0.717) is 11.7 Å². The SMILES string of the molecule is O=C(CCCS(=O)(=O)c1ccc(F)cc1)N(Cc1ccccc1)c1nc2ccc(Br)cc2s1. The summed E-state index contributed by atoms with van der Waals surface area (Å²) in [5.41, 5.74) is 1.74. The number of thiazole rings is 1. The van der Waals surface area contributed by atoms with Gasteiger partial charge in [0.1, 0.15) is 5.82 Å². The highest BCUT2D eigenvalue weighted by Gasteiger charge is 2.22. The maximum atomic E-state index is 13.2. The first-order valence-electron chi connectivity index (χ1n) is 10.2. The number of carbonyl (C=O) groups is 1. The molecule has 0 bridgehead atoms. The van der Waals surface area contributed by atoms with Crippen LogP contribution in [-0.2, 0) is 21.2 Å². The van der Waals surface area contributed by atoms with Crippen molar-refractivity contribution in [3.63, 3.8) is 0 Å². The number of fused-ring (bicyclic) bond motifs is 1. The number of sulfone groups is 1. The summed E-state index contributed by atoms with van der Waals surface area (Å²) in [6.07, 6.45) is 0.202. The second kappa shape index (κ2) is 10.1. The van der Waals surface area contributed by atoms with Gasteiger partial charge in [-0.2, -0.15) is 0 Å². The average molecular weight is 547 g/mol. The molecule has 0 radical (unpaired) electrons. The van der Waals surface area contributed by atoms with E-state index < -0.39 is 15.7 Å². The van der Waals surface area contributed by atoms with Crippen molar-refractivity contribution in [2.75, 3.05) is 10.7 Å². The van der Waals surface area contributed by atoms with Gasteiger partial charge in [-0.1, -0.05) is 57.6 Å². The van der Waals surface area contributed by atoms with E-state index in [9.17, 15) is 17.6 Å². The second-order valence-electron chi connectivity index (χ2n) is 7.45. The third-order valence-corrected chi connectivity index (χ3v) is 8.38. The predicted molar refractivity (Wildman–Crippen MR) is 133 cm³/mol. The summed E-state index contributed by atoms with van der Waals surface area (Å²) in [5.74, 6) is -0.897. The summed E-state index contributed by atoms with van der Waals surface area (Å²) in [7, 11) is -3.60. The standard InChI is InChI=1S/C24H20BrFN2O3S2/c25-18-8-13-21-22(15-18)32-24(27-21)28(16-17-5-2-1-3-6-17)23(29)7-4-14-33(30,31)20-11-9-19(26)10-12-20/h1-3,5-6,8-13,15H,4,7,14,16H2. The number of halogens is 2. The highest BCUT2D eigenvalue weighted by Crippen LogP contribution is 2.32. The Labute approximate surface area is 203 Å². The molecule has 1 heterocycles.